The maximum absolute atomic E-state index is 11.8. The first kappa shape index (κ1) is 11.8. The van der Waals surface area contributed by atoms with Gasteiger partial charge in [-0.2, -0.15) is 16.6 Å². The minimum Gasteiger partial charge on any atom is -0.382 e. The summed E-state index contributed by atoms with van der Waals surface area (Å²) in [6.07, 6.45) is 1.30. The van der Waals surface area contributed by atoms with Gasteiger partial charge in [-0.3, -0.25) is 0 Å². The number of allylic oxidation sites excluding steroid dienone is 1. The molecule has 0 saturated heterocycles. The highest BCUT2D eigenvalue weighted by atomic mass is 32.2. The van der Waals surface area contributed by atoms with Crippen molar-refractivity contribution in [2.45, 2.75) is 4.90 Å². The van der Waals surface area contributed by atoms with Gasteiger partial charge in [0.25, 0.3) is 0 Å². The van der Waals surface area contributed by atoms with Crippen molar-refractivity contribution in [3.63, 3.8) is 0 Å². The molecule has 0 bridgehead atoms. The molecule has 1 rings (SSSR count). The van der Waals surface area contributed by atoms with E-state index in [1.54, 1.807) is 25.5 Å². The highest BCUT2D eigenvalue weighted by Crippen LogP contribution is 2.21. The van der Waals surface area contributed by atoms with Crippen molar-refractivity contribution in [3.05, 3.63) is 27.9 Å². The molecule has 0 unspecified atom stereocenters. The Hall–Kier alpha value is -1.32. The number of thiophene rings is 1. The third-order valence-corrected chi connectivity index (χ3v) is 4.06. The summed E-state index contributed by atoms with van der Waals surface area (Å²) < 4.78 is 23.7. The number of sulfone groups is 1. The molecule has 0 atom stereocenters. The number of rotatable bonds is 3. The van der Waals surface area contributed by atoms with Crippen LogP contribution in [0.1, 0.15) is 0 Å². The summed E-state index contributed by atoms with van der Waals surface area (Å²) in [6, 6.07) is 3.18. The second-order valence-electron chi connectivity index (χ2n) is 3.03. The van der Waals surface area contributed by atoms with E-state index in [0.717, 1.165) is 0 Å². The predicted octanol–water partition coefficient (Wildman–Crippen LogP) is 1.45. The highest BCUT2D eigenvalue weighted by molar-refractivity contribution is 7.95. The molecule has 0 aliphatic carbocycles. The zero-order valence-electron chi connectivity index (χ0n) is 8.34. The summed E-state index contributed by atoms with van der Waals surface area (Å²) >= 11 is 1.28. The summed E-state index contributed by atoms with van der Waals surface area (Å²) in [5, 5.41) is 12.0. The SMILES string of the molecule is CN(C)/C=C(\C#N)S(=O)(=O)c1ccsc1. The van der Waals surface area contributed by atoms with Crippen LogP contribution < -0.4 is 0 Å². The molecule has 0 aliphatic heterocycles. The van der Waals surface area contributed by atoms with Gasteiger partial charge in [0.15, 0.2) is 4.91 Å². The third-order valence-electron chi connectivity index (χ3n) is 1.58. The van der Waals surface area contributed by atoms with Crippen LogP contribution in [0.15, 0.2) is 32.8 Å². The molecule has 4 nitrogen and oxygen atoms in total. The monoisotopic (exact) mass is 242 g/mol. The van der Waals surface area contributed by atoms with Gasteiger partial charge in [-0.05, 0) is 11.4 Å². The van der Waals surface area contributed by atoms with Crippen molar-refractivity contribution in [1.29, 1.82) is 5.26 Å². The van der Waals surface area contributed by atoms with E-state index in [9.17, 15) is 8.42 Å². The molecule has 0 spiro atoms. The van der Waals surface area contributed by atoms with Gasteiger partial charge in [0.1, 0.15) is 6.07 Å². The largest absolute Gasteiger partial charge is 0.382 e. The Kier molecular flexibility index (Phi) is 3.50. The molecule has 6 heteroatoms. The number of nitriles is 1. The second kappa shape index (κ2) is 4.47. The number of hydrogen-bond acceptors (Lipinski definition) is 5. The van der Waals surface area contributed by atoms with Gasteiger partial charge < -0.3 is 4.90 Å². The summed E-state index contributed by atoms with van der Waals surface area (Å²) in [7, 11) is -0.300. The quantitative estimate of drug-likeness (QED) is 0.753. The first-order valence-corrected chi connectivity index (χ1v) is 6.46. The highest BCUT2D eigenvalue weighted by Gasteiger charge is 2.21. The van der Waals surface area contributed by atoms with E-state index in [0.29, 0.717) is 0 Å². The number of nitrogens with zero attached hydrogens (tertiary/aromatic N) is 2. The Balaban J connectivity index is 3.23. The first-order chi connectivity index (χ1) is 6.98. The van der Waals surface area contributed by atoms with E-state index < -0.39 is 9.84 Å². The third kappa shape index (κ3) is 2.58. The van der Waals surface area contributed by atoms with Crippen LogP contribution in [0.25, 0.3) is 0 Å². The zero-order valence-corrected chi connectivity index (χ0v) is 9.97. The average molecular weight is 242 g/mol. The van der Waals surface area contributed by atoms with Gasteiger partial charge >= 0.3 is 0 Å². The Bertz CT molecular complexity index is 493. The molecular formula is C9H10N2O2S2. The van der Waals surface area contributed by atoms with Crippen LogP contribution >= 0.6 is 11.3 Å². The minimum atomic E-state index is -3.63. The lowest BCUT2D eigenvalue weighted by Crippen LogP contribution is -2.08. The van der Waals surface area contributed by atoms with Gasteiger partial charge in [-0.1, -0.05) is 0 Å². The molecule has 80 valence electrons. The Morgan fingerprint density at radius 1 is 1.60 bits per heavy atom. The van der Waals surface area contributed by atoms with Crippen LogP contribution in [-0.2, 0) is 9.84 Å². The van der Waals surface area contributed by atoms with Crippen LogP contribution in [0.2, 0.25) is 0 Å². The molecule has 0 N–H and O–H groups in total. The molecule has 0 radical (unpaired) electrons. The van der Waals surface area contributed by atoms with E-state index in [2.05, 4.69) is 0 Å². The maximum Gasteiger partial charge on any atom is 0.218 e. The second-order valence-corrected chi connectivity index (χ2v) is 5.73. The Labute approximate surface area is 93.0 Å². The topological polar surface area (TPSA) is 61.2 Å². The molecule has 0 fully saturated rings. The molecule has 0 aliphatic rings. The lowest BCUT2D eigenvalue weighted by Gasteiger charge is -2.06. The smallest absolute Gasteiger partial charge is 0.218 e. The molecule has 1 aromatic rings. The predicted molar refractivity (Wildman–Crippen MR) is 58.9 cm³/mol. The van der Waals surface area contributed by atoms with E-state index in [1.807, 2.05) is 0 Å². The minimum absolute atomic E-state index is 0.169. The van der Waals surface area contributed by atoms with Gasteiger partial charge in [-0.15, -0.1) is 0 Å². The van der Waals surface area contributed by atoms with Crippen molar-refractivity contribution in [1.82, 2.24) is 4.90 Å². The molecule has 1 heterocycles. The first-order valence-electron chi connectivity index (χ1n) is 4.04. The van der Waals surface area contributed by atoms with E-state index >= 15 is 0 Å². The summed E-state index contributed by atoms with van der Waals surface area (Å²) in [4.78, 5) is 1.45. The molecule has 15 heavy (non-hydrogen) atoms. The maximum atomic E-state index is 11.8. The average Bonchev–Trinajstić information content (AvgIpc) is 2.66. The van der Waals surface area contributed by atoms with E-state index in [-0.39, 0.29) is 9.80 Å². The van der Waals surface area contributed by atoms with Crippen LogP contribution in [-0.4, -0.2) is 27.4 Å². The Morgan fingerprint density at radius 2 is 2.27 bits per heavy atom. The Morgan fingerprint density at radius 3 is 2.67 bits per heavy atom. The standard InChI is InChI=1S/C9H10N2O2S2/c1-11(2)6-9(5-10)15(12,13)8-3-4-14-7-8/h3-4,6-7H,1-2H3/b9-6+. The van der Waals surface area contributed by atoms with Gasteiger partial charge in [0.05, 0.1) is 4.90 Å². The summed E-state index contributed by atoms with van der Waals surface area (Å²) in [5.41, 5.74) is 0. The molecule has 0 saturated carbocycles. The summed E-state index contributed by atoms with van der Waals surface area (Å²) in [6.45, 7) is 0. The number of hydrogen-bond donors (Lipinski definition) is 0. The molecule has 0 aromatic carbocycles. The lowest BCUT2D eigenvalue weighted by molar-refractivity contribution is 0.559. The van der Waals surface area contributed by atoms with Crippen molar-refractivity contribution >= 4 is 21.2 Å². The summed E-state index contributed by atoms with van der Waals surface area (Å²) in [5.74, 6) is 0. The molecule has 0 amide bonds. The molecule has 1 aromatic heterocycles. The van der Waals surface area contributed by atoms with Crippen molar-refractivity contribution in [2.24, 2.45) is 0 Å². The van der Waals surface area contributed by atoms with Gasteiger partial charge in [-0.25, -0.2) is 8.42 Å². The van der Waals surface area contributed by atoms with Crippen LogP contribution in [0.5, 0.6) is 0 Å². The van der Waals surface area contributed by atoms with E-state index in [4.69, 9.17) is 5.26 Å². The van der Waals surface area contributed by atoms with Gasteiger partial charge in [0.2, 0.25) is 9.84 Å². The van der Waals surface area contributed by atoms with E-state index in [1.165, 1.54) is 33.9 Å². The van der Waals surface area contributed by atoms with Crippen molar-refractivity contribution in [3.8, 4) is 6.07 Å². The molecular weight excluding hydrogens is 232 g/mol. The van der Waals surface area contributed by atoms with Crippen molar-refractivity contribution in [2.75, 3.05) is 14.1 Å². The van der Waals surface area contributed by atoms with Crippen LogP contribution in [0.3, 0.4) is 0 Å². The fourth-order valence-corrected chi connectivity index (χ4v) is 3.17. The van der Waals surface area contributed by atoms with Gasteiger partial charge in [0, 0.05) is 25.7 Å². The fourth-order valence-electron chi connectivity index (χ4n) is 0.925. The normalized spacial score (nSPS) is 12.2. The van der Waals surface area contributed by atoms with Crippen LogP contribution in [0.4, 0.5) is 0 Å². The zero-order chi connectivity index (χ0) is 11.5. The van der Waals surface area contributed by atoms with Crippen LogP contribution in [0, 0.1) is 11.3 Å². The fraction of sp³-hybridized carbons (Fsp3) is 0.222. The lowest BCUT2D eigenvalue weighted by atomic mass is 10.6. The van der Waals surface area contributed by atoms with Crippen molar-refractivity contribution < 1.29 is 8.42 Å².